The summed E-state index contributed by atoms with van der Waals surface area (Å²) < 4.78 is 6.28. The summed E-state index contributed by atoms with van der Waals surface area (Å²) in [5, 5.41) is 11.5. The molecule has 5 nitrogen and oxygen atoms in total. The summed E-state index contributed by atoms with van der Waals surface area (Å²) in [6.45, 7) is 0. The summed E-state index contributed by atoms with van der Waals surface area (Å²) >= 11 is 0. The molecular weight excluding hydrogens is 721 g/mol. The molecule has 59 heavy (non-hydrogen) atoms. The van der Waals surface area contributed by atoms with Crippen LogP contribution in [0, 0.1) is 0 Å². The van der Waals surface area contributed by atoms with Gasteiger partial charge in [-0.3, -0.25) is 4.98 Å². The number of fused-ring (bicyclic) bond motifs is 9. The van der Waals surface area contributed by atoms with Crippen molar-refractivity contribution in [3.05, 3.63) is 194 Å². The highest BCUT2D eigenvalue weighted by Crippen LogP contribution is 2.42. The van der Waals surface area contributed by atoms with Gasteiger partial charge in [0.1, 0.15) is 11.2 Å². The van der Waals surface area contributed by atoms with Gasteiger partial charge < -0.3 is 4.42 Å². The number of para-hydroxylation sites is 1. The molecule has 0 saturated carbocycles. The van der Waals surface area contributed by atoms with E-state index in [1.54, 1.807) is 0 Å². The fraction of sp³-hybridized carbons (Fsp3) is 0. The van der Waals surface area contributed by atoms with Crippen LogP contribution in [0.1, 0.15) is 0 Å². The molecule has 0 aliphatic carbocycles. The van der Waals surface area contributed by atoms with Gasteiger partial charge in [0.05, 0.1) is 0 Å². The highest BCUT2D eigenvalue weighted by atomic mass is 16.3. The molecule has 0 unspecified atom stereocenters. The molecule has 3 aromatic heterocycles. The van der Waals surface area contributed by atoms with Gasteiger partial charge in [-0.15, -0.1) is 0 Å². The molecule has 0 bridgehead atoms. The number of pyridine rings is 1. The molecular formula is C54H32N4O. The number of furan rings is 1. The highest BCUT2D eigenvalue weighted by Gasteiger charge is 2.19. The van der Waals surface area contributed by atoms with Crippen LogP contribution in [0.15, 0.2) is 199 Å². The van der Waals surface area contributed by atoms with Crippen LogP contribution in [-0.2, 0) is 0 Å². The Morgan fingerprint density at radius 1 is 0.322 bits per heavy atom. The lowest BCUT2D eigenvalue weighted by Crippen LogP contribution is -2.00. The lowest BCUT2D eigenvalue weighted by molar-refractivity contribution is 0.669. The monoisotopic (exact) mass is 752 g/mol. The smallest absolute Gasteiger partial charge is 0.164 e. The second-order valence-electron chi connectivity index (χ2n) is 15.0. The topological polar surface area (TPSA) is 64.7 Å². The zero-order valence-corrected chi connectivity index (χ0v) is 31.7. The Hall–Kier alpha value is -8.02. The summed E-state index contributed by atoms with van der Waals surface area (Å²) in [7, 11) is 0. The predicted molar refractivity (Wildman–Crippen MR) is 242 cm³/mol. The average molecular weight is 753 g/mol. The maximum absolute atomic E-state index is 6.28. The van der Waals surface area contributed by atoms with Crippen LogP contribution in [0.25, 0.3) is 121 Å². The third-order valence-electron chi connectivity index (χ3n) is 11.6. The lowest BCUT2D eigenvalue weighted by Gasteiger charge is -2.14. The van der Waals surface area contributed by atoms with E-state index in [9.17, 15) is 0 Å². The second kappa shape index (κ2) is 13.3. The minimum absolute atomic E-state index is 0.614. The van der Waals surface area contributed by atoms with Crippen molar-refractivity contribution in [2.45, 2.75) is 0 Å². The number of hydrogen-bond acceptors (Lipinski definition) is 5. The van der Waals surface area contributed by atoms with Crippen LogP contribution in [0.3, 0.4) is 0 Å². The van der Waals surface area contributed by atoms with E-state index < -0.39 is 0 Å². The van der Waals surface area contributed by atoms with E-state index in [0.717, 1.165) is 76.9 Å². The van der Waals surface area contributed by atoms with Gasteiger partial charge >= 0.3 is 0 Å². The molecule has 0 aliphatic heterocycles. The SMILES string of the molecule is c1ccc(-c2nc(-c3ccc(-c4cc5ccncc5c5c4ccc4ccccc45)cc3)nc(-c3cccc4c(-c5cccc6oc7ccccc7c56)cccc34)n2)cc1. The van der Waals surface area contributed by atoms with Crippen LogP contribution in [0.5, 0.6) is 0 Å². The fourth-order valence-electron chi connectivity index (χ4n) is 8.88. The van der Waals surface area contributed by atoms with Crippen molar-refractivity contribution < 1.29 is 4.42 Å². The summed E-state index contributed by atoms with van der Waals surface area (Å²) in [5.74, 6) is 1.86. The molecule has 12 aromatic rings. The maximum atomic E-state index is 6.28. The first-order valence-electron chi connectivity index (χ1n) is 19.8. The van der Waals surface area contributed by atoms with Gasteiger partial charge in [0.2, 0.25) is 0 Å². The van der Waals surface area contributed by atoms with Crippen LogP contribution in [-0.4, -0.2) is 19.9 Å². The van der Waals surface area contributed by atoms with Crippen molar-refractivity contribution >= 4 is 65.0 Å². The molecule has 0 amide bonds. The number of hydrogen-bond donors (Lipinski definition) is 0. The van der Waals surface area contributed by atoms with Crippen LogP contribution in [0.2, 0.25) is 0 Å². The van der Waals surface area contributed by atoms with Gasteiger partial charge in [-0.1, -0.05) is 158 Å². The van der Waals surface area contributed by atoms with Gasteiger partial charge in [-0.05, 0) is 84.2 Å². The van der Waals surface area contributed by atoms with E-state index in [2.05, 4.69) is 138 Å². The maximum Gasteiger partial charge on any atom is 0.164 e. The summed E-state index contributed by atoms with van der Waals surface area (Å²) in [6.07, 6.45) is 3.85. The number of rotatable bonds is 5. The Balaban J connectivity index is 1.01. The van der Waals surface area contributed by atoms with E-state index >= 15 is 0 Å². The van der Waals surface area contributed by atoms with Crippen molar-refractivity contribution in [3.8, 4) is 56.4 Å². The molecule has 12 rings (SSSR count). The van der Waals surface area contributed by atoms with Gasteiger partial charge in [-0.25, -0.2) is 15.0 Å². The standard InChI is InChI=1S/C54H32N4O/c1-2-12-35(13-3-1)52-56-53(36-25-23-34(24-26-36)46-31-37-29-30-55-32-47(37)50-38-14-5-4-11-33(38)27-28-43(46)50)58-54(57-52)44-20-9-16-39-40(17-8-18-41(39)44)42-19-10-22-49-51(42)45-15-6-7-21-48(45)59-49/h1-32H. The zero-order chi connectivity index (χ0) is 38.9. The van der Waals surface area contributed by atoms with Crippen LogP contribution < -0.4 is 0 Å². The van der Waals surface area contributed by atoms with Crippen LogP contribution in [0.4, 0.5) is 0 Å². The van der Waals surface area contributed by atoms with Crippen molar-refractivity contribution in [2.75, 3.05) is 0 Å². The number of nitrogens with zero attached hydrogens (tertiary/aromatic N) is 4. The number of aromatic nitrogens is 4. The molecule has 0 atom stereocenters. The van der Waals surface area contributed by atoms with Crippen LogP contribution >= 0.6 is 0 Å². The quantitative estimate of drug-likeness (QED) is 0.164. The first-order chi connectivity index (χ1) is 29.2. The largest absolute Gasteiger partial charge is 0.456 e. The van der Waals surface area contributed by atoms with Crippen molar-refractivity contribution in [2.24, 2.45) is 0 Å². The first kappa shape index (κ1) is 33.2. The van der Waals surface area contributed by atoms with E-state index in [-0.39, 0.29) is 0 Å². The predicted octanol–water partition coefficient (Wildman–Crippen LogP) is 14.1. The average Bonchev–Trinajstić information content (AvgIpc) is 3.70. The summed E-state index contributed by atoms with van der Waals surface area (Å²) in [5.41, 5.74) is 9.07. The second-order valence-corrected chi connectivity index (χ2v) is 15.0. The van der Waals surface area contributed by atoms with Crippen molar-refractivity contribution in [3.63, 3.8) is 0 Å². The Bertz CT molecular complexity index is 3600. The summed E-state index contributed by atoms with van der Waals surface area (Å²) in [6, 6.07) is 63.6. The Kier molecular flexibility index (Phi) is 7.47. The zero-order valence-electron chi connectivity index (χ0n) is 31.7. The van der Waals surface area contributed by atoms with E-state index in [1.807, 2.05) is 60.9 Å². The normalized spacial score (nSPS) is 11.7. The molecule has 0 radical (unpaired) electrons. The molecule has 0 spiro atoms. The molecule has 9 aromatic carbocycles. The Labute approximate surface area is 338 Å². The minimum Gasteiger partial charge on any atom is -0.456 e. The van der Waals surface area contributed by atoms with Gasteiger partial charge in [-0.2, -0.15) is 0 Å². The molecule has 0 aliphatic rings. The third-order valence-corrected chi connectivity index (χ3v) is 11.6. The molecule has 5 heteroatoms. The van der Waals surface area contributed by atoms with Gasteiger partial charge in [0, 0.05) is 45.2 Å². The molecule has 0 saturated heterocycles. The van der Waals surface area contributed by atoms with Crippen molar-refractivity contribution in [1.29, 1.82) is 0 Å². The molecule has 0 N–H and O–H groups in total. The first-order valence-corrected chi connectivity index (χ1v) is 19.8. The Morgan fingerprint density at radius 3 is 1.80 bits per heavy atom. The molecule has 3 heterocycles. The minimum atomic E-state index is 0.614. The van der Waals surface area contributed by atoms with E-state index in [4.69, 9.17) is 19.4 Å². The van der Waals surface area contributed by atoms with E-state index in [1.165, 1.54) is 27.1 Å². The molecule has 274 valence electrons. The summed E-state index contributed by atoms with van der Waals surface area (Å²) in [4.78, 5) is 20.0. The highest BCUT2D eigenvalue weighted by molar-refractivity contribution is 6.24. The van der Waals surface area contributed by atoms with E-state index in [0.29, 0.717) is 17.5 Å². The third kappa shape index (κ3) is 5.40. The Morgan fingerprint density at radius 2 is 0.949 bits per heavy atom. The van der Waals surface area contributed by atoms with Crippen molar-refractivity contribution in [1.82, 2.24) is 19.9 Å². The van der Waals surface area contributed by atoms with Gasteiger partial charge in [0.15, 0.2) is 17.5 Å². The lowest BCUT2D eigenvalue weighted by atomic mass is 9.91. The molecule has 0 fully saturated rings. The van der Waals surface area contributed by atoms with Gasteiger partial charge in [0.25, 0.3) is 0 Å². The number of benzene rings is 9. The fourth-order valence-corrected chi connectivity index (χ4v) is 8.88.